The third-order valence-electron chi connectivity index (χ3n) is 1.90. The van der Waals surface area contributed by atoms with Gasteiger partial charge in [-0.25, -0.2) is 9.37 Å². The van der Waals surface area contributed by atoms with Crippen LogP contribution in [0.1, 0.15) is 13.8 Å². The van der Waals surface area contributed by atoms with E-state index in [1.165, 1.54) is 12.3 Å². The SMILES string of the molecule is C#CC(Nc1ncccc1F)C(C)C. The van der Waals surface area contributed by atoms with Gasteiger partial charge in [-0.2, -0.15) is 0 Å². The lowest BCUT2D eigenvalue weighted by molar-refractivity contribution is 0.591. The van der Waals surface area contributed by atoms with Gasteiger partial charge in [0, 0.05) is 6.20 Å². The van der Waals surface area contributed by atoms with Gasteiger partial charge in [-0.15, -0.1) is 6.42 Å². The monoisotopic (exact) mass is 192 g/mol. The molecule has 1 aromatic heterocycles. The van der Waals surface area contributed by atoms with Crippen LogP contribution in [0.3, 0.4) is 0 Å². The number of nitrogens with one attached hydrogen (secondary N) is 1. The van der Waals surface area contributed by atoms with Gasteiger partial charge in [0.05, 0.1) is 6.04 Å². The zero-order valence-corrected chi connectivity index (χ0v) is 8.29. The molecule has 1 rings (SSSR count). The zero-order chi connectivity index (χ0) is 10.6. The molecule has 1 aromatic rings. The third-order valence-corrected chi connectivity index (χ3v) is 1.90. The molecule has 74 valence electrons. The molecule has 2 nitrogen and oxygen atoms in total. The smallest absolute Gasteiger partial charge is 0.165 e. The Labute approximate surface area is 83.6 Å². The molecule has 0 saturated heterocycles. The van der Waals surface area contributed by atoms with Crippen LogP contribution in [0, 0.1) is 24.1 Å². The summed E-state index contributed by atoms with van der Waals surface area (Å²) in [6.45, 7) is 3.94. The summed E-state index contributed by atoms with van der Waals surface area (Å²) in [4.78, 5) is 3.87. The summed E-state index contributed by atoms with van der Waals surface area (Å²) in [6, 6.07) is 2.70. The van der Waals surface area contributed by atoms with Crippen LogP contribution in [-0.2, 0) is 0 Å². The fourth-order valence-corrected chi connectivity index (χ4v) is 1.04. The molecule has 1 unspecified atom stereocenters. The first kappa shape index (κ1) is 10.5. The maximum atomic E-state index is 13.2. The minimum Gasteiger partial charge on any atom is -0.354 e. The maximum absolute atomic E-state index is 13.2. The first-order valence-corrected chi connectivity index (χ1v) is 4.48. The third kappa shape index (κ3) is 2.46. The second-order valence-corrected chi connectivity index (χ2v) is 3.37. The van der Waals surface area contributed by atoms with Crippen molar-refractivity contribution in [2.24, 2.45) is 5.92 Å². The number of anilines is 1. The van der Waals surface area contributed by atoms with E-state index in [9.17, 15) is 4.39 Å². The molecule has 0 bridgehead atoms. The summed E-state index contributed by atoms with van der Waals surface area (Å²) in [7, 11) is 0. The number of nitrogens with zero attached hydrogens (tertiary/aromatic N) is 1. The summed E-state index contributed by atoms with van der Waals surface area (Å²) >= 11 is 0. The lowest BCUT2D eigenvalue weighted by Gasteiger charge is -2.17. The highest BCUT2D eigenvalue weighted by molar-refractivity contribution is 5.39. The van der Waals surface area contributed by atoms with Crippen molar-refractivity contribution in [1.29, 1.82) is 0 Å². The summed E-state index contributed by atoms with van der Waals surface area (Å²) in [5.41, 5.74) is 0. The van der Waals surface area contributed by atoms with E-state index in [1.807, 2.05) is 13.8 Å². The Kier molecular flexibility index (Phi) is 3.47. The Balaban J connectivity index is 2.78. The molecule has 0 fully saturated rings. The van der Waals surface area contributed by atoms with Gasteiger partial charge in [0.2, 0.25) is 0 Å². The lowest BCUT2D eigenvalue weighted by Crippen LogP contribution is -2.24. The van der Waals surface area contributed by atoms with Gasteiger partial charge < -0.3 is 5.32 Å². The fourth-order valence-electron chi connectivity index (χ4n) is 1.04. The number of hydrogen-bond acceptors (Lipinski definition) is 2. The van der Waals surface area contributed by atoms with Crippen molar-refractivity contribution >= 4 is 5.82 Å². The highest BCUT2D eigenvalue weighted by Crippen LogP contribution is 2.12. The average molecular weight is 192 g/mol. The molecule has 1 N–H and O–H groups in total. The minimum absolute atomic E-state index is 0.195. The van der Waals surface area contributed by atoms with Crippen LogP contribution in [0.5, 0.6) is 0 Å². The Morgan fingerprint density at radius 2 is 2.29 bits per heavy atom. The van der Waals surface area contributed by atoms with Crippen LogP contribution in [0.4, 0.5) is 10.2 Å². The van der Waals surface area contributed by atoms with E-state index in [0.717, 1.165) is 0 Å². The molecule has 0 aliphatic carbocycles. The van der Waals surface area contributed by atoms with Crippen molar-refractivity contribution in [3.8, 4) is 12.3 Å². The Hall–Kier alpha value is -1.56. The van der Waals surface area contributed by atoms with Gasteiger partial charge in [-0.1, -0.05) is 19.8 Å². The largest absolute Gasteiger partial charge is 0.354 e. The van der Waals surface area contributed by atoms with Crippen LogP contribution in [0.2, 0.25) is 0 Å². The predicted octanol–water partition coefficient (Wildman–Crippen LogP) is 2.29. The second kappa shape index (κ2) is 4.61. The van der Waals surface area contributed by atoms with E-state index < -0.39 is 0 Å². The van der Waals surface area contributed by atoms with E-state index in [4.69, 9.17) is 6.42 Å². The van der Waals surface area contributed by atoms with E-state index in [-0.39, 0.29) is 23.6 Å². The molecule has 0 aliphatic rings. The van der Waals surface area contributed by atoms with Crippen LogP contribution in [0.25, 0.3) is 0 Å². The summed E-state index contributed by atoms with van der Waals surface area (Å²) in [5.74, 6) is 2.63. The van der Waals surface area contributed by atoms with Gasteiger partial charge in [-0.3, -0.25) is 0 Å². The molecular weight excluding hydrogens is 179 g/mol. The molecule has 0 aromatic carbocycles. The molecule has 0 radical (unpaired) electrons. The fraction of sp³-hybridized carbons (Fsp3) is 0.364. The van der Waals surface area contributed by atoms with Crippen molar-refractivity contribution < 1.29 is 4.39 Å². The lowest BCUT2D eigenvalue weighted by atomic mass is 10.1. The number of hydrogen-bond donors (Lipinski definition) is 1. The van der Waals surface area contributed by atoms with Crippen LogP contribution in [0.15, 0.2) is 18.3 Å². The molecule has 0 amide bonds. The number of rotatable bonds is 3. The molecule has 0 spiro atoms. The van der Waals surface area contributed by atoms with Gasteiger partial charge >= 0.3 is 0 Å². The van der Waals surface area contributed by atoms with Crippen LogP contribution >= 0.6 is 0 Å². The second-order valence-electron chi connectivity index (χ2n) is 3.37. The normalized spacial score (nSPS) is 12.2. The highest BCUT2D eigenvalue weighted by Gasteiger charge is 2.12. The Bertz CT molecular complexity index is 341. The zero-order valence-electron chi connectivity index (χ0n) is 8.29. The van der Waals surface area contributed by atoms with Crippen LogP contribution < -0.4 is 5.32 Å². The molecular formula is C11H13FN2. The quantitative estimate of drug-likeness (QED) is 0.743. The van der Waals surface area contributed by atoms with Gasteiger partial charge in [0.15, 0.2) is 11.6 Å². The molecule has 0 aliphatic heterocycles. The Morgan fingerprint density at radius 1 is 1.57 bits per heavy atom. The standard InChI is InChI=1S/C11H13FN2/c1-4-10(8(2)3)14-11-9(12)6-5-7-13-11/h1,5-8,10H,2-3H3,(H,13,14). The van der Waals surface area contributed by atoms with Crippen molar-refractivity contribution in [2.45, 2.75) is 19.9 Å². The first-order chi connectivity index (χ1) is 6.65. The molecule has 0 saturated carbocycles. The number of halogens is 1. The van der Waals surface area contributed by atoms with E-state index in [1.54, 1.807) is 6.07 Å². The van der Waals surface area contributed by atoms with E-state index in [2.05, 4.69) is 16.2 Å². The van der Waals surface area contributed by atoms with Gasteiger partial charge in [0.25, 0.3) is 0 Å². The number of pyridine rings is 1. The topological polar surface area (TPSA) is 24.9 Å². The molecule has 14 heavy (non-hydrogen) atoms. The molecule has 1 atom stereocenters. The maximum Gasteiger partial charge on any atom is 0.165 e. The van der Waals surface area contributed by atoms with Crippen LogP contribution in [-0.4, -0.2) is 11.0 Å². The highest BCUT2D eigenvalue weighted by atomic mass is 19.1. The molecule has 1 heterocycles. The number of aromatic nitrogens is 1. The van der Waals surface area contributed by atoms with E-state index >= 15 is 0 Å². The summed E-state index contributed by atoms with van der Waals surface area (Å²) in [6.07, 6.45) is 6.84. The van der Waals surface area contributed by atoms with Gasteiger partial charge in [0.1, 0.15) is 0 Å². The van der Waals surface area contributed by atoms with Crippen molar-refractivity contribution in [1.82, 2.24) is 4.98 Å². The average Bonchev–Trinajstić information content (AvgIpc) is 2.16. The van der Waals surface area contributed by atoms with Crippen molar-refractivity contribution in [2.75, 3.05) is 5.32 Å². The predicted molar refractivity (Wildman–Crippen MR) is 55.3 cm³/mol. The van der Waals surface area contributed by atoms with E-state index in [0.29, 0.717) is 0 Å². The molecule has 3 heteroatoms. The summed E-state index contributed by atoms with van der Waals surface area (Å²) < 4.78 is 13.2. The minimum atomic E-state index is -0.381. The van der Waals surface area contributed by atoms with Crippen molar-refractivity contribution in [3.63, 3.8) is 0 Å². The Morgan fingerprint density at radius 3 is 2.79 bits per heavy atom. The van der Waals surface area contributed by atoms with Crippen molar-refractivity contribution in [3.05, 3.63) is 24.1 Å². The summed E-state index contributed by atoms with van der Waals surface area (Å²) in [5, 5.41) is 2.87. The van der Waals surface area contributed by atoms with Gasteiger partial charge in [-0.05, 0) is 18.1 Å². The first-order valence-electron chi connectivity index (χ1n) is 4.48. The number of terminal acetylenes is 1.